The highest BCUT2D eigenvalue weighted by atomic mass is 16.1. The Morgan fingerprint density at radius 3 is 3.08 bits per heavy atom. The van der Waals surface area contributed by atoms with Crippen molar-refractivity contribution in [2.24, 2.45) is 4.99 Å². The van der Waals surface area contributed by atoms with Crippen LogP contribution in [0.4, 0.5) is 0 Å². The minimum Gasteiger partial charge on any atom is -0.273 e. The van der Waals surface area contributed by atoms with Crippen molar-refractivity contribution in [2.75, 3.05) is 0 Å². The number of carbonyl (C=O) groups excluding carboxylic acids is 1. The summed E-state index contributed by atoms with van der Waals surface area (Å²) in [5.74, 6) is 0. The van der Waals surface area contributed by atoms with Crippen molar-refractivity contribution in [1.82, 2.24) is 9.78 Å². The Morgan fingerprint density at radius 2 is 2.58 bits per heavy atom. The Labute approximate surface area is 70.9 Å². The number of hydrogen-bond acceptors (Lipinski definition) is 3. The first-order chi connectivity index (χ1) is 5.77. The molecule has 0 spiro atoms. The molecule has 1 aromatic rings. The van der Waals surface area contributed by atoms with Gasteiger partial charge in [0.05, 0.1) is 12.2 Å². The Morgan fingerprint density at radius 1 is 1.83 bits per heavy atom. The normalized spacial score (nSPS) is 12.2. The molecule has 0 bridgehead atoms. The number of aromatic nitrogens is 2. The predicted octanol–water partition coefficient (Wildman–Crippen LogP) is 1.30. The van der Waals surface area contributed by atoms with Crippen molar-refractivity contribution in [3.05, 3.63) is 18.0 Å². The second-order valence-corrected chi connectivity index (χ2v) is 2.53. The second kappa shape index (κ2) is 3.83. The third-order valence-electron chi connectivity index (χ3n) is 1.71. The van der Waals surface area contributed by atoms with E-state index in [1.54, 1.807) is 10.9 Å². The fourth-order valence-corrected chi connectivity index (χ4v) is 0.922. The van der Waals surface area contributed by atoms with Gasteiger partial charge in [-0.2, -0.15) is 10.1 Å². The Kier molecular flexibility index (Phi) is 2.77. The van der Waals surface area contributed by atoms with Gasteiger partial charge in [-0.15, -0.1) is 0 Å². The quantitative estimate of drug-likeness (QED) is 0.500. The molecule has 4 heteroatoms. The zero-order chi connectivity index (χ0) is 8.97. The van der Waals surface area contributed by atoms with Gasteiger partial charge in [0.15, 0.2) is 0 Å². The zero-order valence-corrected chi connectivity index (χ0v) is 7.19. The molecule has 1 aromatic heterocycles. The fourth-order valence-electron chi connectivity index (χ4n) is 0.922. The van der Waals surface area contributed by atoms with Crippen molar-refractivity contribution in [1.29, 1.82) is 0 Å². The van der Waals surface area contributed by atoms with Gasteiger partial charge in [-0.3, -0.25) is 4.68 Å². The number of nitrogens with zero attached hydrogens (tertiary/aromatic N) is 3. The molecular formula is C8H11N3O. The van der Waals surface area contributed by atoms with Gasteiger partial charge in [0.1, 0.15) is 0 Å². The molecule has 0 aliphatic heterocycles. The number of aryl methyl sites for hydroxylation is 1. The molecule has 1 unspecified atom stereocenters. The van der Waals surface area contributed by atoms with E-state index in [-0.39, 0.29) is 6.04 Å². The summed E-state index contributed by atoms with van der Waals surface area (Å²) in [6, 6.07) is -0.136. The molecule has 1 heterocycles. The lowest BCUT2D eigenvalue weighted by molar-refractivity contribution is 0.559. The molecule has 0 aromatic carbocycles. The highest BCUT2D eigenvalue weighted by Gasteiger charge is 2.04. The molecule has 0 saturated heterocycles. The fraction of sp³-hybridized carbons (Fsp3) is 0.500. The Bertz CT molecular complexity index is 299. The lowest BCUT2D eigenvalue weighted by Crippen LogP contribution is -1.92. The number of rotatable bonds is 3. The molecule has 0 fully saturated rings. The summed E-state index contributed by atoms with van der Waals surface area (Å²) in [4.78, 5) is 13.5. The Balaban J connectivity index is 2.81. The summed E-state index contributed by atoms with van der Waals surface area (Å²) in [5, 5.41) is 4.06. The largest absolute Gasteiger partial charge is 0.273 e. The molecule has 0 amide bonds. The van der Waals surface area contributed by atoms with Crippen LogP contribution < -0.4 is 0 Å². The van der Waals surface area contributed by atoms with Crippen LogP contribution >= 0.6 is 0 Å². The van der Waals surface area contributed by atoms with Gasteiger partial charge < -0.3 is 0 Å². The molecule has 0 radical (unpaired) electrons. The molecule has 1 atom stereocenters. The van der Waals surface area contributed by atoms with Crippen LogP contribution in [0.5, 0.6) is 0 Å². The Hall–Kier alpha value is -1.41. The van der Waals surface area contributed by atoms with E-state index in [1.807, 2.05) is 20.0 Å². The van der Waals surface area contributed by atoms with Crippen molar-refractivity contribution >= 4 is 6.08 Å². The third-order valence-corrected chi connectivity index (χ3v) is 1.71. The first-order valence-corrected chi connectivity index (χ1v) is 3.87. The summed E-state index contributed by atoms with van der Waals surface area (Å²) in [7, 11) is 0. The summed E-state index contributed by atoms with van der Waals surface area (Å²) in [6.07, 6.45) is 5.13. The lowest BCUT2D eigenvalue weighted by Gasteiger charge is -1.97. The van der Waals surface area contributed by atoms with Crippen molar-refractivity contribution in [3.63, 3.8) is 0 Å². The standard InChI is InChI=1S/C8H11N3O/c1-3-11-5-8(4-10-11)7(2)9-6-12/h4-5,7H,3H2,1-2H3. The van der Waals surface area contributed by atoms with Crippen LogP contribution in [-0.4, -0.2) is 15.9 Å². The number of hydrogen-bond donors (Lipinski definition) is 0. The second-order valence-electron chi connectivity index (χ2n) is 2.53. The maximum Gasteiger partial charge on any atom is 0.235 e. The summed E-state index contributed by atoms with van der Waals surface area (Å²) >= 11 is 0. The highest BCUT2D eigenvalue weighted by Crippen LogP contribution is 2.14. The van der Waals surface area contributed by atoms with Gasteiger partial charge in [-0.05, 0) is 13.8 Å². The lowest BCUT2D eigenvalue weighted by atomic mass is 10.2. The molecule has 1 rings (SSSR count). The van der Waals surface area contributed by atoms with E-state index in [0.717, 1.165) is 12.1 Å². The van der Waals surface area contributed by atoms with Crippen molar-refractivity contribution in [3.8, 4) is 0 Å². The van der Waals surface area contributed by atoms with Crippen LogP contribution in [0.3, 0.4) is 0 Å². The first kappa shape index (κ1) is 8.68. The smallest absolute Gasteiger partial charge is 0.235 e. The molecule has 0 saturated carbocycles. The monoisotopic (exact) mass is 165 g/mol. The van der Waals surface area contributed by atoms with E-state index >= 15 is 0 Å². The van der Waals surface area contributed by atoms with Crippen LogP contribution in [0.1, 0.15) is 25.5 Å². The van der Waals surface area contributed by atoms with E-state index < -0.39 is 0 Å². The maximum atomic E-state index is 9.95. The number of aliphatic imine (C=N–C) groups is 1. The van der Waals surface area contributed by atoms with E-state index in [1.165, 1.54) is 6.08 Å². The van der Waals surface area contributed by atoms with Gasteiger partial charge in [-0.25, -0.2) is 4.79 Å². The van der Waals surface area contributed by atoms with Crippen molar-refractivity contribution < 1.29 is 4.79 Å². The molecule has 64 valence electrons. The SMILES string of the molecule is CCn1cc(C(C)N=C=O)cn1. The van der Waals surface area contributed by atoms with Crippen LogP contribution in [-0.2, 0) is 11.3 Å². The predicted molar refractivity (Wildman–Crippen MR) is 44.4 cm³/mol. The van der Waals surface area contributed by atoms with Gasteiger partial charge in [0.2, 0.25) is 6.08 Å². The van der Waals surface area contributed by atoms with Gasteiger partial charge in [-0.1, -0.05) is 0 Å². The molecule has 12 heavy (non-hydrogen) atoms. The number of isocyanates is 1. The summed E-state index contributed by atoms with van der Waals surface area (Å²) in [5.41, 5.74) is 0.945. The summed E-state index contributed by atoms with van der Waals surface area (Å²) < 4.78 is 1.80. The van der Waals surface area contributed by atoms with E-state index in [2.05, 4.69) is 10.1 Å². The molecule has 0 aliphatic carbocycles. The molecule has 0 aliphatic rings. The van der Waals surface area contributed by atoms with E-state index in [9.17, 15) is 4.79 Å². The maximum absolute atomic E-state index is 9.95. The van der Waals surface area contributed by atoms with Crippen molar-refractivity contribution in [2.45, 2.75) is 26.4 Å². The van der Waals surface area contributed by atoms with Crippen LogP contribution in [0.2, 0.25) is 0 Å². The third kappa shape index (κ3) is 1.80. The van der Waals surface area contributed by atoms with E-state index in [0.29, 0.717) is 0 Å². The minimum atomic E-state index is -0.136. The molecular weight excluding hydrogens is 154 g/mol. The highest BCUT2D eigenvalue weighted by molar-refractivity contribution is 5.34. The van der Waals surface area contributed by atoms with Crippen LogP contribution in [0, 0.1) is 0 Å². The molecule has 4 nitrogen and oxygen atoms in total. The zero-order valence-electron chi connectivity index (χ0n) is 7.19. The van der Waals surface area contributed by atoms with Crippen LogP contribution in [0.15, 0.2) is 17.4 Å². The van der Waals surface area contributed by atoms with Gasteiger partial charge in [0.25, 0.3) is 0 Å². The first-order valence-electron chi connectivity index (χ1n) is 3.87. The average Bonchev–Trinajstić information content (AvgIpc) is 2.52. The minimum absolute atomic E-state index is 0.136. The molecule has 0 N–H and O–H groups in total. The van der Waals surface area contributed by atoms with Crippen LogP contribution in [0.25, 0.3) is 0 Å². The van der Waals surface area contributed by atoms with Gasteiger partial charge in [0, 0.05) is 18.3 Å². The van der Waals surface area contributed by atoms with E-state index in [4.69, 9.17) is 0 Å². The topological polar surface area (TPSA) is 47.2 Å². The van der Waals surface area contributed by atoms with Gasteiger partial charge >= 0.3 is 0 Å². The average molecular weight is 165 g/mol. The summed E-state index contributed by atoms with van der Waals surface area (Å²) in [6.45, 7) is 4.67.